The minimum absolute atomic E-state index is 0.216. The van der Waals surface area contributed by atoms with E-state index >= 15 is 0 Å². The van der Waals surface area contributed by atoms with Crippen LogP contribution in [0, 0.1) is 5.82 Å². The molecule has 2 aromatic carbocycles. The first-order chi connectivity index (χ1) is 13.2. The molecule has 0 aliphatic rings. The van der Waals surface area contributed by atoms with Crippen LogP contribution in [-0.4, -0.2) is 21.0 Å². The molecular weight excluding hydrogens is 347 g/mol. The first-order valence-corrected chi connectivity index (χ1v) is 8.11. The Hall–Kier alpha value is -3.87. The number of pyridine rings is 1. The maximum absolute atomic E-state index is 13.4. The molecule has 2 heterocycles. The fourth-order valence-electron chi connectivity index (χ4n) is 2.55. The van der Waals surface area contributed by atoms with Gasteiger partial charge in [0.1, 0.15) is 5.82 Å². The van der Waals surface area contributed by atoms with Crippen LogP contribution in [0.2, 0.25) is 0 Å². The molecule has 1 amide bonds. The molecule has 0 fully saturated rings. The number of carbonyl (C=O) groups is 1. The zero-order chi connectivity index (χ0) is 18.6. The first-order valence-electron chi connectivity index (χ1n) is 8.11. The number of hydrogen-bond donors (Lipinski definition) is 1. The molecule has 0 aliphatic carbocycles. The van der Waals surface area contributed by atoms with E-state index in [2.05, 4.69) is 20.4 Å². The Morgan fingerprint density at radius 2 is 1.81 bits per heavy atom. The number of rotatable bonds is 4. The van der Waals surface area contributed by atoms with Crippen LogP contribution < -0.4 is 5.32 Å². The van der Waals surface area contributed by atoms with Crippen LogP contribution in [0.4, 0.5) is 10.1 Å². The van der Waals surface area contributed by atoms with Crippen molar-refractivity contribution in [1.82, 2.24) is 15.1 Å². The van der Waals surface area contributed by atoms with Crippen molar-refractivity contribution < 1.29 is 13.7 Å². The summed E-state index contributed by atoms with van der Waals surface area (Å²) in [6.07, 6.45) is 3.27. The number of benzene rings is 2. The van der Waals surface area contributed by atoms with E-state index in [0.29, 0.717) is 17.1 Å². The molecule has 0 bridgehead atoms. The normalized spacial score (nSPS) is 10.6. The lowest BCUT2D eigenvalue weighted by atomic mass is 10.1. The number of para-hydroxylation sites is 1. The highest BCUT2D eigenvalue weighted by Crippen LogP contribution is 2.28. The minimum atomic E-state index is -0.477. The fraction of sp³-hybridized carbons (Fsp3) is 0. The quantitative estimate of drug-likeness (QED) is 0.590. The molecule has 0 unspecified atom stereocenters. The number of anilines is 1. The number of halogens is 1. The van der Waals surface area contributed by atoms with E-state index in [1.165, 1.54) is 24.3 Å². The summed E-state index contributed by atoms with van der Waals surface area (Å²) in [6.45, 7) is 0. The second kappa shape index (κ2) is 7.17. The number of carbonyl (C=O) groups excluding carboxylic acids is 1. The van der Waals surface area contributed by atoms with Crippen LogP contribution in [0.1, 0.15) is 10.4 Å². The van der Waals surface area contributed by atoms with Crippen molar-refractivity contribution >= 4 is 11.6 Å². The number of nitrogens with zero attached hydrogens (tertiary/aromatic N) is 3. The van der Waals surface area contributed by atoms with Crippen molar-refractivity contribution in [2.24, 2.45) is 0 Å². The van der Waals surface area contributed by atoms with Gasteiger partial charge < -0.3 is 9.84 Å². The Kier molecular flexibility index (Phi) is 4.40. The number of nitrogens with one attached hydrogen (secondary N) is 1. The van der Waals surface area contributed by atoms with Crippen molar-refractivity contribution in [1.29, 1.82) is 0 Å². The number of hydrogen-bond acceptors (Lipinski definition) is 5. The molecule has 7 heteroatoms. The predicted molar refractivity (Wildman–Crippen MR) is 97.3 cm³/mol. The number of amides is 1. The van der Waals surface area contributed by atoms with Crippen molar-refractivity contribution in [2.45, 2.75) is 0 Å². The zero-order valence-electron chi connectivity index (χ0n) is 14.0. The van der Waals surface area contributed by atoms with Gasteiger partial charge in [0, 0.05) is 23.5 Å². The van der Waals surface area contributed by atoms with Crippen LogP contribution in [-0.2, 0) is 0 Å². The lowest BCUT2D eigenvalue weighted by molar-refractivity contribution is 0.102. The molecule has 132 valence electrons. The van der Waals surface area contributed by atoms with Crippen LogP contribution >= 0.6 is 0 Å². The molecule has 4 aromatic rings. The molecule has 2 aromatic heterocycles. The summed E-state index contributed by atoms with van der Waals surface area (Å²) < 4.78 is 18.7. The van der Waals surface area contributed by atoms with Crippen molar-refractivity contribution in [3.63, 3.8) is 0 Å². The first kappa shape index (κ1) is 16.6. The van der Waals surface area contributed by atoms with Crippen molar-refractivity contribution in [3.8, 4) is 22.8 Å². The molecule has 0 spiro atoms. The highest BCUT2D eigenvalue weighted by molar-refractivity contribution is 6.06. The summed E-state index contributed by atoms with van der Waals surface area (Å²) in [5.74, 6) is -0.235. The average Bonchev–Trinajstić information content (AvgIpc) is 3.19. The second-order valence-electron chi connectivity index (χ2n) is 5.67. The van der Waals surface area contributed by atoms with Gasteiger partial charge in [-0.3, -0.25) is 9.78 Å². The summed E-state index contributed by atoms with van der Waals surface area (Å²) in [5, 5.41) is 6.73. The summed E-state index contributed by atoms with van der Waals surface area (Å²) in [7, 11) is 0. The van der Waals surface area contributed by atoms with E-state index in [4.69, 9.17) is 4.52 Å². The van der Waals surface area contributed by atoms with Gasteiger partial charge in [-0.05, 0) is 42.5 Å². The Bertz CT molecular complexity index is 1100. The smallest absolute Gasteiger partial charge is 0.260 e. The molecule has 0 atom stereocenters. The van der Waals surface area contributed by atoms with Crippen molar-refractivity contribution in [3.05, 3.63) is 84.4 Å². The maximum Gasteiger partial charge on any atom is 0.260 e. The van der Waals surface area contributed by atoms with Gasteiger partial charge in [-0.1, -0.05) is 23.4 Å². The molecule has 27 heavy (non-hydrogen) atoms. The summed E-state index contributed by atoms with van der Waals surface area (Å²) in [5.41, 5.74) is 2.03. The van der Waals surface area contributed by atoms with Crippen LogP contribution in [0.5, 0.6) is 0 Å². The van der Waals surface area contributed by atoms with Gasteiger partial charge in [0.05, 0.1) is 11.3 Å². The second-order valence-corrected chi connectivity index (χ2v) is 5.67. The van der Waals surface area contributed by atoms with E-state index in [9.17, 15) is 9.18 Å². The van der Waals surface area contributed by atoms with Gasteiger partial charge in [0.25, 0.3) is 11.8 Å². The molecule has 6 nitrogen and oxygen atoms in total. The largest absolute Gasteiger partial charge is 0.334 e. The van der Waals surface area contributed by atoms with Crippen molar-refractivity contribution in [2.75, 3.05) is 5.32 Å². The summed E-state index contributed by atoms with van der Waals surface area (Å²) in [4.78, 5) is 20.8. The summed E-state index contributed by atoms with van der Waals surface area (Å²) in [6, 6.07) is 16.0. The molecular formula is C20H13FN4O2. The lowest BCUT2D eigenvalue weighted by Gasteiger charge is -2.08. The molecule has 4 rings (SSSR count). The third-order valence-electron chi connectivity index (χ3n) is 3.86. The van der Waals surface area contributed by atoms with Crippen LogP contribution in [0.3, 0.4) is 0 Å². The highest BCUT2D eigenvalue weighted by Gasteiger charge is 2.16. The SMILES string of the molecule is O=C(Nc1ccccc1-c1nc(-c2ccncc2)no1)c1cccc(F)c1. The van der Waals surface area contributed by atoms with Gasteiger partial charge in [0.15, 0.2) is 0 Å². The lowest BCUT2D eigenvalue weighted by Crippen LogP contribution is -2.12. The van der Waals surface area contributed by atoms with E-state index in [1.807, 2.05) is 0 Å². The Balaban J connectivity index is 1.64. The van der Waals surface area contributed by atoms with Gasteiger partial charge in [-0.2, -0.15) is 4.98 Å². The Labute approximate surface area is 153 Å². The van der Waals surface area contributed by atoms with E-state index < -0.39 is 11.7 Å². The van der Waals surface area contributed by atoms with Crippen LogP contribution in [0.25, 0.3) is 22.8 Å². The van der Waals surface area contributed by atoms with E-state index in [1.54, 1.807) is 48.8 Å². The zero-order valence-corrected chi connectivity index (χ0v) is 14.0. The molecule has 0 aliphatic heterocycles. The standard InChI is InChI=1S/C20H13FN4O2/c21-15-5-3-4-14(12-15)19(26)23-17-7-2-1-6-16(17)20-24-18(25-27-20)13-8-10-22-11-9-13/h1-12H,(H,23,26). The number of aromatic nitrogens is 3. The van der Waals surface area contributed by atoms with E-state index in [0.717, 1.165) is 5.56 Å². The van der Waals surface area contributed by atoms with Gasteiger partial charge >= 0.3 is 0 Å². The fourth-order valence-corrected chi connectivity index (χ4v) is 2.55. The maximum atomic E-state index is 13.4. The topological polar surface area (TPSA) is 80.9 Å². The summed E-state index contributed by atoms with van der Waals surface area (Å²) >= 11 is 0. The van der Waals surface area contributed by atoms with Crippen LogP contribution in [0.15, 0.2) is 77.6 Å². The third kappa shape index (κ3) is 3.57. The molecule has 0 radical (unpaired) electrons. The van der Waals surface area contributed by atoms with E-state index in [-0.39, 0.29) is 11.5 Å². The Morgan fingerprint density at radius 1 is 1.00 bits per heavy atom. The predicted octanol–water partition coefficient (Wildman–Crippen LogP) is 4.19. The van der Waals surface area contributed by atoms with Gasteiger partial charge in [-0.15, -0.1) is 0 Å². The Morgan fingerprint density at radius 3 is 2.63 bits per heavy atom. The molecule has 0 saturated carbocycles. The van der Waals surface area contributed by atoms with Gasteiger partial charge in [0.2, 0.25) is 5.82 Å². The molecule has 0 saturated heterocycles. The van der Waals surface area contributed by atoms with Gasteiger partial charge in [-0.25, -0.2) is 4.39 Å². The average molecular weight is 360 g/mol. The molecule has 1 N–H and O–H groups in total. The monoisotopic (exact) mass is 360 g/mol. The minimum Gasteiger partial charge on any atom is -0.334 e. The highest BCUT2D eigenvalue weighted by atomic mass is 19.1. The third-order valence-corrected chi connectivity index (χ3v) is 3.86.